The first-order valence-corrected chi connectivity index (χ1v) is 8.20. The van der Waals surface area contributed by atoms with Crippen molar-refractivity contribution in [2.45, 2.75) is 43.7 Å². The molecule has 2 aliphatic rings. The monoisotopic (exact) mass is 317 g/mol. The molecular formula is C19H27NO3. The molecule has 0 fully saturated rings. The van der Waals surface area contributed by atoms with Gasteiger partial charge in [-0.05, 0) is 31.3 Å². The minimum Gasteiger partial charge on any atom is -0.468 e. The Bertz CT molecular complexity index is 525. The van der Waals surface area contributed by atoms with E-state index in [2.05, 4.69) is 18.1 Å². The number of nitrogens with zero attached hydrogens (tertiary/aromatic N) is 1. The van der Waals surface area contributed by atoms with Crippen molar-refractivity contribution in [3.63, 3.8) is 0 Å². The zero-order valence-corrected chi connectivity index (χ0v) is 14.0. The average Bonchev–Trinajstić information content (AvgIpc) is 2.73. The molecule has 2 aliphatic carbocycles. The summed E-state index contributed by atoms with van der Waals surface area (Å²) in [4.78, 5) is 14.8. The van der Waals surface area contributed by atoms with Gasteiger partial charge in [0.1, 0.15) is 5.54 Å². The molecule has 0 spiro atoms. The molecule has 2 rings (SSSR count). The van der Waals surface area contributed by atoms with Crippen LogP contribution in [0.15, 0.2) is 48.6 Å². The molecule has 0 saturated carbocycles. The first-order valence-electron chi connectivity index (χ1n) is 8.20. The number of rotatable bonds is 6. The van der Waals surface area contributed by atoms with Crippen molar-refractivity contribution in [2.24, 2.45) is 0 Å². The van der Waals surface area contributed by atoms with Crippen LogP contribution in [0, 0.1) is 0 Å². The molecule has 0 amide bonds. The van der Waals surface area contributed by atoms with Crippen molar-refractivity contribution in [1.29, 1.82) is 0 Å². The molecule has 126 valence electrons. The molecule has 0 aromatic heterocycles. The van der Waals surface area contributed by atoms with Crippen LogP contribution < -0.4 is 0 Å². The number of allylic oxidation sites excluding steroid dienone is 1. The maximum atomic E-state index is 12.7. The van der Waals surface area contributed by atoms with E-state index in [1.165, 1.54) is 12.7 Å². The number of aliphatic hydroxyl groups excluding tert-OH is 1. The van der Waals surface area contributed by atoms with E-state index in [-0.39, 0.29) is 5.97 Å². The third-order valence-electron chi connectivity index (χ3n) is 4.85. The Balaban J connectivity index is 2.41. The number of carbonyl (C=O) groups excluding carboxylic acids is 1. The van der Waals surface area contributed by atoms with Crippen LogP contribution in [0.1, 0.15) is 32.1 Å². The summed E-state index contributed by atoms with van der Waals surface area (Å²) < 4.78 is 5.18. The van der Waals surface area contributed by atoms with Crippen molar-refractivity contribution >= 4 is 5.97 Å². The summed E-state index contributed by atoms with van der Waals surface area (Å²) in [6.07, 6.45) is 10.9. The summed E-state index contributed by atoms with van der Waals surface area (Å²) >= 11 is 0. The first kappa shape index (κ1) is 17.7. The maximum absolute atomic E-state index is 12.7. The lowest BCUT2D eigenvalue weighted by Gasteiger charge is -2.40. The van der Waals surface area contributed by atoms with Crippen LogP contribution >= 0.6 is 0 Å². The molecular weight excluding hydrogens is 290 g/mol. The van der Waals surface area contributed by atoms with E-state index in [1.807, 2.05) is 24.3 Å². The highest BCUT2D eigenvalue weighted by Crippen LogP contribution is 2.40. The molecule has 0 heterocycles. The van der Waals surface area contributed by atoms with E-state index in [0.29, 0.717) is 25.9 Å². The molecule has 2 unspecified atom stereocenters. The molecule has 1 N–H and O–H groups in total. The maximum Gasteiger partial charge on any atom is 0.326 e. The van der Waals surface area contributed by atoms with Gasteiger partial charge in [0.05, 0.1) is 13.2 Å². The van der Waals surface area contributed by atoms with Gasteiger partial charge in [-0.3, -0.25) is 9.69 Å². The minimum absolute atomic E-state index is 0.200. The number of carbonyl (C=O) groups is 1. The van der Waals surface area contributed by atoms with Gasteiger partial charge in [-0.1, -0.05) is 29.9 Å². The lowest BCUT2D eigenvalue weighted by atomic mass is 9.84. The largest absolute Gasteiger partial charge is 0.468 e. The zero-order valence-electron chi connectivity index (χ0n) is 14.0. The van der Waals surface area contributed by atoms with E-state index < -0.39 is 11.6 Å². The normalized spacial score (nSPS) is 27.3. The van der Waals surface area contributed by atoms with E-state index in [4.69, 9.17) is 4.74 Å². The van der Waals surface area contributed by atoms with Gasteiger partial charge in [0.15, 0.2) is 0 Å². The summed E-state index contributed by atoms with van der Waals surface area (Å²) in [5.74, 6) is -0.200. The van der Waals surface area contributed by atoms with Crippen LogP contribution in [-0.4, -0.2) is 47.8 Å². The second-order valence-electron chi connectivity index (χ2n) is 6.30. The highest BCUT2D eigenvalue weighted by atomic mass is 16.5. The molecule has 0 radical (unpaired) electrons. The summed E-state index contributed by atoms with van der Waals surface area (Å²) in [7, 11) is 1.45. The minimum atomic E-state index is -0.694. The van der Waals surface area contributed by atoms with Crippen LogP contribution in [-0.2, 0) is 9.53 Å². The van der Waals surface area contributed by atoms with E-state index >= 15 is 0 Å². The molecule has 0 aromatic carbocycles. The van der Waals surface area contributed by atoms with Gasteiger partial charge in [-0.25, -0.2) is 0 Å². The lowest BCUT2D eigenvalue weighted by Crippen LogP contribution is -2.55. The second-order valence-corrected chi connectivity index (χ2v) is 6.30. The molecule has 0 saturated heterocycles. The van der Waals surface area contributed by atoms with Crippen LogP contribution in [0.2, 0.25) is 0 Å². The topological polar surface area (TPSA) is 49.8 Å². The van der Waals surface area contributed by atoms with Crippen LogP contribution in [0.25, 0.3) is 0 Å². The molecule has 4 nitrogen and oxygen atoms in total. The first-order chi connectivity index (χ1) is 11.1. The number of hydrogen-bond donors (Lipinski definition) is 1. The summed E-state index contributed by atoms with van der Waals surface area (Å²) in [6, 6.07) is 0. The summed E-state index contributed by atoms with van der Waals surface area (Å²) in [5, 5.41) is 9.85. The number of esters is 1. The Kier molecular flexibility index (Phi) is 5.97. The van der Waals surface area contributed by atoms with Crippen LogP contribution in [0.4, 0.5) is 0 Å². The quantitative estimate of drug-likeness (QED) is 0.604. The smallest absolute Gasteiger partial charge is 0.326 e. The average molecular weight is 317 g/mol. The third kappa shape index (κ3) is 3.65. The van der Waals surface area contributed by atoms with Gasteiger partial charge in [0.2, 0.25) is 0 Å². The highest BCUT2D eigenvalue weighted by molar-refractivity contribution is 5.81. The third-order valence-corrected chi connectivity index (χ3v) is 4.85. The standard InChI is InChI=1S/C19H27NO3/c1-4-11-20(12-5-2)19(18(22)23-3)10-6-7-15-13-17(21)9-8-16(15)14-19/h4-5,8-9,17,21H,1-2,6-7,10-14H2,3H3. The molecule has 0 aromatic rings. The molecule has 0 bridgehead atoms. The van der Waals surface area contributed by atoms with Gasteiger partial charge in [-0.2, -0.15) is 0 Å². The highest BCUT2D eigenvalue weighted by Gasteiger charge is 2.46. The fourth-order valence-corrected chi connectivity index (χ4v) is 3.74. The van der Waals surface area contributed by atoms with Crippen LogP contribution in [0.3, 0.4) is 0 Å². The van der Waals surface area contributed by atoms with Gasteiger partial charge in [-0.15, -0.1) is 13.2 Å². The predicted molar refractivity (Wildman–Crippen MR) is 92.0 cm³/mol. The summed E-state index contributed by atoms with van der Waals surface area (Å²) in [5.41, 5.74) is 1.74. The van der Waals surface area contributed by atoms with Gasteiger partial charge < -0.3 is 9.84 Å². The lowest BCUT2D eigenvalue weighted by molar-refractivity contribution is -0.155. The Morgan fingerprint density at radius 2 is 2.17 bits per heavy atom. The Labute approximate surface area is 138 Å². The van der Waals surface area contributed by atoms with Crippen molar-refractivity contribution in [2.75, 3.05) is 20.2 Å². The number of hydrogen-bond acceptors (Lipinski definition) is 4. The fourth-order valence-electron chi connectivity index (χ4n) is 3.74. The fraction of sp³-hybridized carbons (Fsp3) is 0.526. The van der Waals surface area contributed by atoms with E-state index in [0.717, 1.165) is 24.8 Å². The second kappa shape index (κ2) is 7.75. The predicted octanol–water partition coefficient (Wildman–Crippen LogP) is 2.76. The molecule has 2 atom stereocenters. The summed E-state index contributed by atoms with van der Waals surface area (Å²) in [6.45, 7) is 8.86. The molecule has 0 aliphatic heterocycles. The van der Waals surface area contributed by atoms with E-state index in [9.17, 15) is 9.90 Å². The van der Waals surface area contributed by atoms with Gasteiger partial charge in [0, 0.05) is 19.5 Å². The van der Waals surface area contributed by atoms with Crippen LogP contribution in [0.5, 0.6) is 0 Å². The van der Waals surface area contributed by atoms with Crippen molar-refractivity contribution in [3.05, 3.63) is 48.6 Å². The molecule has 4 heteroatoms. The molecule has 23 heavy (non-hydrogen) atoms. The van der Waals surface area contributed by atoms with E-state index in [1.54, 1.807) is 0 Å². The zero-order chi connectivity index (χ0) is 16.9. The Morgan fingerprint density at radius 3 is 2.78 bits per heavy atom. The Hall–Kier alpha value is -1.65. The van der Waals surface area contributed by atoms with Crippen molar-refractivity contribution in [3.8, 4) is 0 Å². The number of aliphatic hydroxyl groups is 1. The number of ether oxygens (including phenoxy) is 1. The van der Waals surface area contributed by atoms with Gasteiger partial charge in [0.25, 0.3) is 0 Å². The van der Waals surface area contributed by atoms with Crippen molar-refractivity contribution in [1.82, 2.24) is 4.90 Å². The van der Waals surface area contributed by atoms with Crippen molar-refractivity contribution < 1.29 is 14.6 Å². The number of methoxy groups -OCH3 is 1. The van der Waals surface area contributed by atoms with Gasteiger partial charge >= 0.3 is 5.97 Å². The SMILES string of the molecule is C=CCN(CC=C)C1(C(=O)OC)CCCC2=C(C=CC(O)C2)C1. The Morgan fingerprint density at radius 1 is 1.48 bits per heavy atom.